The summed E-state index contributed by atoms with van der Waals surface area (Å²) >= 11 is 6.05. The van der Waals surface area contributed by atoms with E-state index in [1.54, 1.807) is 31.2 Å². The van der Waals surface area contributed by atoms with Gasteiger partial charge < -0.3 is 9.47 Å². The number of esters is 2. The van der Waals surface area contributed by atoms with Crippen LogP contribution in [0, 0.1) is 5.92 Å². The van der Waals surface area contributed by atoms with Gasteiger partial charge in [-0.1, -0.05) is 60.8 Å². The second kappa shape index (κ2) is 13.7. The van der Waals surface area contributed by atoms with Crippen molar-refractivity contribution >= 4 is 35.1 Å². The first kappa shape index (κ1) is 28.8. The fraction of sp³-hybridized carbons (Fsp3) is 0.438. The number of ketones is 2. The molecule has 39 heavy (non-hydrogen) atoms. The number of carbonyl (C=O) groups excluding carboxylic acids is 4. The number of hydrogen-bond donors (Lipinski definition) is 0. The minimum Gasteiger partial charge on any atom is -0.466 e. The SMILES string of the molecule is CCOC(=O)CCCCCCC(=O)OC1=C(C2CCC(c3ccc(Cl)cc3)CC2)C(=O)c2ccccc2C1=O. The lowest BCUT2D eigenvalue weighted by atomic mass is 9.72. The molecule has 2 aromatic carbocycles. The van der Waals surface area contributed by atoms with Crippen LogP contribution in [0.5, 0.6) is 0 Å². The number of hydrogen-bond acceptors (Lipinski definition) is 6. The zero-order chi connectivity index (χ0) is 27.8. The summed E-state index contributed by atoms with van der Waals surface area (Å²) in [6, 6.07) is 14.6. The molecule has 0 spiro atoms. The first-order valence-electron chi connectivity index (χ1n) is 13.9. The molecule has 0 aromatic heterocycles. The molecule has 0 atom stereocenters. The number of halogens is 1. The van der Waals surface area contributed by atoms with E-state index in [-0.39, 0.29) is 35.4 Å². The number of fused-ring (bicyclic) bond motifs is 1. The zero-order valence-electron chi connectivity index (χ0n) is 22.4. The zero-order valence-corrected chi connectivity index (χ0v) is 23.1. The highest BCUT2D eigenvalue weighted by Crippen LogP contribution is 2.42. The fourth-order valence-electron chi connectivity index (χ4n) is 5.58. The van der Waals surface area contributed by atoms with Gasteiger partial charge in [0.15, 0.2) is 11.5 Å². The summed E-state index contributed by atoms with van der Waals surface area (Å²) in [6.45, 7) is 2.15. The highest BCUT2D eigenvalue weighted by Gasteiger charge is 2.39. The number of allylic oxidation sites excluding steroid dienone is 2. The van der Waals surface area contributed by atoms with Gasteiger partial charge in [0.1, 0.15) is 0 Å². The third-order valence-corrected chi connectivity index (χ3v) is 7.87. The molecule has 0 aliphatic heterocycles. The van der Waals surface area contributed by atoms with Gasteiger partial charge in [-0.05, 0) is 75.0 Å². The molecule has 1 fully saturated rings. The summed E-state index contributed by atoms with van der Waals surface area (Å²) in [5, 5.41) is 0.700. The van der Waals surface area contributed by atoms with Crippen molar-refractivity contribution in [1.82, 2.24) is 0 Å². The average Bonchev–Trinajstić information content (AvgIpc) is 2.94. The highest BCUT2D eigenvalue weighted by molar-refractivity contribution is 6.30. The Bertz CT molecular complexity index is 1240. The quantitative estimate of drug-likeness (QED) is 0.214. The summed E-state index contributed by atoms with van der Waals surface area (Å²) in [5.41, 5.74) is 2.22. The number of Topliss-reactive ketones (excluding diaryl/α,β-unsaturated/α-hetero) is 2. The topological polar surface area (TPSA) is 86.7 Å². The van der Waals surface area contributed by atoms with Gasteiger partial charge in [-0.25, -0.2) is 0 Å². The third kappa shape index (κ3) is 7.24. The summed E-state index contributed by atoms with van der Waals surface area (Å²) in [5.74, 6) is -1.23. The lowest BCUT2D eigenvalue weighted by Crippen LogP contribution is -2.30. The van der Waals surface area contributed by atoms with Crippen molar-refractivity contribution in [2.45, 2.75) is 77.0 Å². The summed E-state index contributed by atoms with van der Waals surface area (Å²) in [6.07, 6.45) is 6.52. The van der Waals surface area contributed by atoms with Crippen molar-refractivity contribution in [1.29, 1.82) is 0 Å². The van der Waals surface area contributed by atoms with E-state index in [2.05, 4.69) is 0 Å². The molecule has 4 rings (SSSR count). The van der Waals surface area contributed by atoms with Crippen LogP contribution in [0.1, 0.15) is 103 Å². The van der Waals surface area contributed by atoms with Crippen LogP contribution in [0.2, 0.25) is 5.02 Å². The molecule has 1 saturated carbocycles. The number of benzene rings is 2. The van der Waals surface area contributed by atoms with Gasteiger partial charge in [0.05, 0.1) is 12.2 Å². The minimum absolute atomic E-state index is 0.0963. The second-order valence-electron chi connectivity index (χ2n) is 10.2. The molecule has 0 saturated heterocycles. The fourth-order valence-corrected chi connectivity index (χ4v) is 5.71. The second-order valence-corrected chi connectivity index (χ2v) is 10.7. The van der Waals surface area contributed by atoms with E-state index in [1.807, 2.05) is 24.3 Å². The monoisotopic (exact) mass is 550 g/mol. The maximum atomic E-state index is 13.6. The van der Waals surface area contributed by atoms with Gasteiger partial charge in [0, 0.05) is 29.0 Å². The summed E-state index contributed by atoms with van der Waals surface area (Å²) in [4.78, 5) is 51.3. The van der Waals surface area contributed by atoms with E-state index in [9.17, 15) is 19.2 Å². The standard InChI is InChI=1S/C32H35ClO6/c1-2-38-27(34)11-5-3-4-6-12-28(35)39-32-29(30(36)25-9-7-8-10-26(25)31(32)37)23-15-13-21(14-16-23)22-17-19-24(33)20-18-22/h7-10,17-21,23H,2-6,11-16H2,1H3. The molecule has 206 valence electrons. The molecule has 7 heteroatoms. The van der Waals surface area contributed by atoms with Crippen LogP contribution in [0.3, 0.4) is 0 Å². The predicted molar refractivity (Wildman–Crippen MR) is 149 cm³/mol. The van der Waals surface area contributed by atoms with E-state index in [0.717, 1.165) is 38.5 Å². The Hall–Kier alpha value is -3.25. The maximum absolute atomic E-state index is 13.6. The molecular weight excluding hydrogens is 516 g/mol. The molecule has 0 bridgehead atoms. The van der Waals surface area contributed by atoms with Crippen LogP contribution in [-0.4, -0.2) is 30.1 Å². The van der Waals surface area contributed by atoms with E-state index < -0.39 is 11.8 Å². The number of carbonyl (C=O) groups is 4. The van der Waals surface area contributed by atoms with Crippen molar-refractivity contribution in [2.24, 2.45) is 5.92 Å². The van der Waals surface area contributed by atoms with Gasteiger partial charge in [-0.15, -0.1) is 0 Å². The Balaban J connectivity index is 1.42. The van der Waals surface area contributed by atoms with Crippen LogP contribution in [0.4, 0.5) is 0 Å². The number of ether oxygens (including phenoxy) is 2. The Labute approximate surface area is 234 Å². The Morgan fingerprint density at radius 3 is 1.95 bits per heavy atom. The molecule has 2 aliphatic rings. The largest absolute Gasteiger partial charge is 0.466 e. The van der Waals surface area contributed by atoms with E-state index in [4.69, 9.17) is 21.1 Å². The molecule has 0 heterocycles. The molecule has 2 aromatic rings. The van der Waals surface area contributed by atoms with E-state index in [0.29, 0.717) is 47.9 Å². The molecular formula is C32H35ClO6. The van der Waals surface area contributed by atoms with E-state index in [1.165, 1.54) is 5.56 Å². The van der Waals surface area contributed by atoms with Crippen LogP contribution < -0.4 is 0 Å². The summed E-state index contributed by atoms with van der Waals surface area (Å²) < 4.78 is 10.6. The molecule has 0 amide bonds. The van der Waals surface area contributed by atoms with Crippen molar-refractivity contribution < 1.29 is 28.7 Å². The molecule has 0 unspecified atom stereocenters. The van der Waals surface area contributed by atoms with Crippen LogP contribution in [0.25, 0.3) is 0 Å². The normalized spacial score (nSPS) is 19.0. The van der Waals surface area contributed by atoms with Crippen LogP contribution in [-0.2, 0) is 19.1 Å². The number of rotatable bonds is 11. The molecule has 6 nitrogen and oxygen atoms in total. The molecule has 2 aliphatic carbocycles. The van der Waals surface area contributed by atoms with Crippen molar-refractivity contribution in [2.75, 3.05) is 6.61 Å². The van der Waals surface area contributed by atoms with Gasteiger partial charge in [-0.3, -0.25) is 19.2 Å². The van der Waals surface area contributed by atoms with Crippen LogP contribution in [0.15, 0.2) is 59.9 Å². The predicted octanol–water partition coefficient (Wildman–Crippen LogP) is 7.39. The van der Waals surface area contributed by atoms with Gasteiger partial charge in [0.25, 0.3) is 0 Å². The summed E-state index contributed by atoms with van der Waals surface area (Å²) in [7, 11) is 0. The third-order valence-electron chi connectivity index (χ3n) is 7.62. The van der Waals surface area contributed by atoms with Crippen molar-refractivity contribution in [3.63, 3.8) is 0 Å². The van der Waals surface area contributed by atoms with Crippen molar-refractivity contribution in [3.05, 3.63) is 81.6 Å². The Morgan fingerprint density at radius 1 is 0.769 bits per heavy atom. The first-order valence-corrected chi connectivity index (χ1v) is 14.3. The van der Waals surface area contributed by atoms with E-state index >= 15 is 0 Å². The number of unbranched alkanes of at least 4 members (excludes halogenated alkanes) is 3. The lowest BCUT2D eigenvalue weighted by Gasteiger charge is -2.32. The highest BCUT2D eigenvalue weighted by atomic mass is 35.5. The maximum Gasteiger partial charge on any atom is 0.311 e. The van der Waals surface area contributed by atoms with Gasteiger partial charge in [0.2, 0.25) is 5.78 Å². The Morgan fingerprint density at radius 2 is 1.33 bits per heavy atom. The van der Waals surface area contributed by atoms with Crippen molar-refractivity contribution in [3.8, 4) is 0 Å². The van der Waals surface area contributed by atoms with Gasteiger partial charge in [-0.2, -0.15) is 0 Å². The van der Waals surface area contributed by atoms with Gasteiger partial charge >= 0.3 is 11.9 Å². The molecule has 0 radical (unpaired) electrons. The Kier molecular flexibility index (Phi) is 10.1. The molecule has 0 N–H and O–H groups in total. The average molecular weight is 551 g/mol. The smallest absolute Gasteiger partial charge is 0.311 e. The first-order chi connectivity index (χ1) is 18.9. The lowest BCUT2D eigenvalue weighted by molar-refractivity contribution is -0.143. The minimum atomic E-state index is -0.511. The van der Waals surface area contributed by atoms with Crippen LogP contribution >= 0.6 is 11.6 Å².